The zero-order valence-electron chi connectivity index (χ0n) is 20.9. The van der Waals surface area contributed by atoms with Gasteiger partial charge in [-0.1, -0.05) is 55.4 Å². The zero-order valence-corrected chi connectivity index (χ0v) is 22.9. The molecule has 33 heavy (non-hydrogen) atoms. The summed E-state index contributed by atoms with van der Waals surface area (Å²) in [7, 11) is -5.70. The summed E-state index contributed by atoms with van der Waals surface area (Å²) in [5.74, 6) is 0.0923. The van der Waals surface area contributed by atoms with Gasteiger partial charge in [-0.25, -0.2) is 9.18 Å². The average Bonchev–Trinajstić information content (AvgIpc) is 3.03. The first-order valence-electron chi connectivity index (χ1n) is 11.7. The highest BCUT2D eigenvalue weighted by atomic mass is 28.5. The lowest BCUT2D eigenvalue weighted by molar-refractivity contribution is -0.0561. The molecule has 0 radical (unpaired) electrons. The van der Waals surface area contributed by atoms with E-state index in [1.54, 1.807) is 0 Å². The lowest BCUT2D eigenvalue weighted by Gasteiger charge is -2.51. The van der Waals surface area contributed by atoms with E-state index in [0.717, 1.165) is 0 Å². The van der Waals surface area contributed by atoms with Gasteiger partial charge >= 0.3 is 22.8 Å². The third-order valence-corrected chi connectivity index (χ3v) is 17.0. The quantitative estimate of drug-likeness (QED) is 0.594. The van der Waals surface area contributed by atoms with Crippen molar-refractivity contribution in [2.24, 2.45) is 0 Å². The number of hydrogen-bond donors (Lipinski definition) is 1. The standard InChI is InChI=1S/C22H38FN3O5Si2/c1-13(2)32(14(3)4)28-12-18-20(30-33(31-32,15(5)6)16(7)8)17(11-23)21(29-18)26-10-9-19(24)25-22(26)27/h9-11,13-16,18,20-21H,12H2,1-8H3,(H2,24,25,27)/b17-11-/t18-,20+,21-/m1/s1. The number of aromatic nitrogens is 2. The van der Waals surface area contributed by atoms with Crippen molar-refractivity contribution in [1.29, 1.82) is 0 Å². The molecule has 0 spiro atoms. The van der Waals surface area contributed by atoms with Crippen molar-refractivity contribution in [2.75, 3.05) is 12.3 Å². The van der Waals surface area contributed by atoms with Crippen LogP contribution in [0.25, 0.3) is 0 Å². The Balaban J connectivity index is 2.13. The molecule has 1 aromatic rings. The highest BCUT2D eigenvalue weighted by molar-refractivity contribution is 6.84. The molecule has 11 heteroatoms. The van der Waals surface area contributed by atoms with Gasteiger partial charge in [0.1, 0.15) is 18.0 Å². The Kier molecular flexibility index (Phi) is 7.71. The number of fused-ring (bicyclic) bond motifs is 1. The SMILES string of the molecule is CC(C)[Si]1(C(C)C)OC[C@H]2O[C@@H](n3ccc(N)nc3=O)/C(=C\F)[C@@H]2O[Si](C(C)C)(C(C)C)O1. The van der Waals surface area contributed by atoms with Crippen LogP contribution in [-0.2, 0) is 17.7 Å². The topological polar surface area (TPSA) is 97.8 Å². The molecule has 2 fully saturated rings. The van der Waals surface area contributed by atoms with Crippen LogP contribution in [0.3, 0.4) is 0 Å². The van der Waals surface area contributed by atoms with Crippen molar-refractivity contribution in [1.82, 2.24) is 9.55 Å². The van der Waals surface area contributed by atoms with Crippen molar-refractivity contribution in [2.45, 2.75) is 96.0 Å². The average molecular weight is 500 g/mol. The number of hydrogen-bond acceptors (Lipinski definition) is 7. The normalized spacial score (nSPS) is 28.5. The first-order chi connectivity index (χ1) is 15.4. The minimum atomic E-state index is -2.95. The summed E-state index contributed by atoms with van der Waals surface area (Å²) in [4.78, 5) is 16.3. The maximum absolute atomic E-state index is 14.4. The van der Waals surface area contributed by atoms with Gasteiger partial charge in [0.15, 0.2) is 6.23 Å². The van der Waals surface area contributed by atoms with E-state index in [1.807, 2.05) is 0 Å². The molecule has 2 saturated heterocycles. The number of nitrogens with two attached hydrogens (primary N) is 1. The molecule has 3 heterocycles. The van der Waals surface area contributed by atoms with Crippen molar-refractivity contribution >= 4 is 22.9 Å². The van der Waals surface area contributed by atoms with Crippen LogP contribution >= 0.6 is 0 Å². The molecule has 186 valence electrons. The predicted octanol–water partition coefficient (Wildman–Crippen LogP) is 4.53. The van der Waals surface area contributed by atoms with E-state index in [-0.39, 0.29) is 40.2 Å². The summed E-state index contributed by atoms with van der Waals surface area (Å²) in [6.45, 7) is 17.1. The van der Waals surface area contributed by atoms with E-state index in [0.29, 0.717) is 6.33 Å². The van der Waals surface area contributed by atoms with E-state index in [2.05, 4.69) is 60.4 Å². The van der Waals surface area contributed by atoms with Crippen molar-refractivity contribution in [3.63, 3.8) is 0 Å². The van der Waals surface area contributed by atoms with E-state index in [4.69, 9.17) is 23.4 Å². The summed E-state index contributed by atoms with van der Waals surface area (Å²) >= 11 is 0. The molecular weight excluding hydrogens is 461 g/mol. The smallest absolute Gasteiger partial charge is 0.351 e. The Labute approximate surface area is 197 Å². The molecule has 0 unspecified atom stereocenters. The molecule has 2 N–H and O–H groups in total. The number of halogens is 1. The number of rotatable bonds is 5. The monoisotopic (exact) mass is 499 g/mol. The van der Waals surface area contributed by atoms with Gasteiger partial charge in [-0.05, 0) is 28.2 Å². The first kappa shape index (κ1) is 26.2. The van der Waals surface area contributed by atoms with Crippen molar-refractivity contribution < 1.29 is 22.1 Å². The lowest BCUT2D eigenvalue weighted by Crippen LogP contribution is -2.65. The van der Waals surface area contributed by atoms with Crippen LogP contribution in [-0.4, -0.2) is 45.5 Å². The molecule has 3 atom stereocenters. The molecule has 0 amide bonds. The number of nitrogens with zero attached hydrogens (tertiary/aromatic N) is 2. The second-order valence-electron chi connectivity index (χ2n) is 10.2. The minimum Gasteiger partial charge on any atom is -0.414 e. The molecule has 0 aliphatic carbocycles. The highest BCUT2D eigenvalue weighted by Crippen LogP contribution is 2.49. The van der Waals surface area contributed by atoms with E-state index in [1.165, 1.54) is 16.8 Å². The Hall–Kier alpha value is -1.38. The molecule has 1 aromatic heterocycles. The van der Waals surface area contributed by atoms with Crippen LogP contribution in [0.15, 0.2) is 29.0 Å². The molecule has 2 aliphatic heterocycles. The number of ether oxygens (including phenoxy) is 1. The predicted molar refractivity (Wildman–Crippen MR) is 130 cm³/mol. The summed E-state index contributed by atoms with van der Waals surface area (Å²) in [6.07, 6.45) is -0.361. The lowest BCUT2D eigenvalue weighted by atomic mass is 10.1. The van der Waals surface area contributed by atoms with Crippen LogP contribution < -0.4 is 11.4 Å². The van der Waals surface area contributed by atoms with Gasteiger partial charge in [-0.2, -0.15) is 4.98 Å². The van der Waals surface area contributed by atoms with Gasteiger partial charge in [0.05, 0.1) is 12.9 Å². The summed E-state index contributed by atoms with van der Waals surface area (Å²) in [5.41, 5.74) is 5.78. The van der Waals surface area contributed by atoms with Crippen LogP contribution in [0.2, 0.25) is 22.2 Å². The summed E-state index contributed by atoms with van der Waals surface area (Å²) in [6, 6.07) is 1.48. The third kappa shape index (κ3) is 4.51. The zero-order chi connectivity index (χ0) is 24.7. The van der Waals surface area contributed by atoms with Gasteiger partial charge in [0.25, 0.3) is 0 Å². The molecule has 3 rings (SSSR count). The second-order valence-corrected chi connectivity index (χ2v) is 19.0. The third-order valence-electron chi connectivity index (χ3n) is 6.81. The van der Waals surface area contributed by atoms with E-state index >= 15 is 0 Å². The van der Waals surface area contributed by atoms with Gasteiger partial charge in [0.2, 0.25) is 0 Å². The second kappa shape index (κ2) is 9.70. The van der Waals surface area contributed by atoms with Gasteiger partial charge in [-0.15, -0.1) is 0 Å². The Bertz CT molecular complexity index is 921. The Morgan fingerprint density at radius 2 is 1.67 bits per heavy atom. The molecule has 8 nitrogen and oxygen atoms in total. The van der Waals surface area contributed by atoms with Crippen LogP contribution in [0.4, 0.5) is 10.2 Å². The summed E-state index contributed by atoms with van der Waals surface area (Å²) in [5, 5.41) is 0. The number of nitrogen functional groups attached to an aromatic ring is 1. The molecule has 0 bridgehead atoms. The maximum atomic E-state index is 14.4. The fraction of sp³-hybridized carbons (Fsp3) is 0.727. The molecule has 2 aliphatic rings. The fourth-order valence-corrected chi connectivity index (χ4v) is 16.2. The first-order valence-corrected chi connectivity index (χ1v) is 15.7. The Morgan fingerprint density at radius 3 is 2.15 bits per heavy atom. The van der Waals surface area contributed by atoms with Crippen molar-refractivity contribution in [3.05, 3.63) is 34.7 Å². The van der Waals surface area contributed by atoms with Gasteiger partial charge < -0.3 is 23.4 Å². The minimum absolute atomic E-state index is 0.0880. The number of anilines is 1. The maximum Gasteiger partial charge on any atom is 0.351 e. The van der Waals surface area contributed by atoms with E-state index in [9.17, 15) is 9.18 Å². The summed E-state index contributed by atoms with van der Waals surface area (Å²) < 4.78 is 42.5. The largest absolute Gasteiger partial charge is 0.414 e. The van der Waals surface area contributed by atoms with E-state index < -0.39 is 41.2 Å². The molecule has 0 aromatic carbocycles. The molecule has 0 saturated carbocycles. The van der Waals surface area contributed by atoms with Gasteiger partial charge in [-0.3, -0.25) is 4.57 Å². The fourth-order valence-electron chi connectivity index (χ4n) is 5.01. The van der Waals surface area contributed by atoms with Gasteiger partial charge in [0, 0.05) is 11.8 Å². The molecular formula is C22H38FN3O5Si2. The van der Waals surface area contributed by atoms with Crippen molar-refractivity contribution in [3.8, 4) is 0 Å². The highest BCUT2D eigenvalue weighted by Gasteiger charge is 2.61. The van der Waals surface area contributed by atoms with Crippen LogP contribution in [0, 0.1) is 0 Å². The van der Waals surface area contributed by atoms with Crippen LogP contribution in [0.5, 0.6) is 0 Å². The Morgan fingerprint density at radius 1 is 1.09 bits per heavy atom. The van der Waals surface area contributed by atoms with Crippen LogP contribution in [0.1, 0.15) is 61.6 Å².